The van der Waals surface area contributed by atoms with Crippen LogP contribution in [0.5, 0.6) is 0 Å². The van der Waals surface area contributed by atoms with E-state index >= 15 is 0 Å². The van der Waals surface area contributed by atoms with Gasteiger partial charge in [0.15, 0.2) is 12.3 Å². The highest BCUT2D eigenvalue weighted by atomic mass is 17.2. The minimum Gasteiger partial charge on any atom is -0.312 e. The average molecular weight is 213 g/mol. The van der Waals surface area contributed by atoms with Gasteiger partial charge in [-0.3, -0.25) is 4.79 Å². The van der Waals surface area contributed by atoms with Crippen molar-refractivity contribution in [3.63, 3.8) is 0 Å². The van der Waals surface area contributed by atoms with Crippen LogP contribution >= 0.6 is 0 Å². The Morgan fingerprint density at radius 3 is 2.73 bits per heavy atom. The number of hydrogen-bond acceptors (Lipinski definition) is 3. The molecule has 3 rings (SSSR count). The van der Waals surface area contributed by atoms with Crippen LogP contribution in [0.4, 0.5) is 0 Å². The second kappa shape index (κ2) is 4.10. The van der Waals surface area contributed by atoms with E-state index in [1.54, 1.807) is 0 Å². The molecule has 0 aliphatic carbocycles. The van der Waals surface area contributed by atoms with E-state index in [-0.39, 0.29) is 24.2 Å². The van der Waals surface area contributed by atoms with E-state index in [2.05, 4.69) is 13.8 Å². The normalized spacial score (nSPS) is 35.3. The standard InChI is InChI=1S/C11H19NO3/c1-7(2)4-5-12-9-6-8(3)10(11(12)13)15-14-9/h7-10H,4-6H2,1-3H3. The predicted octanol–water partition coefficient (Wildman–Crippen LogP) is 1.56. The molecule has 0 aromatic carbocycles. The van der Waals surface area contributed by atoms with Crippen molar-refractivity contribution >= 4 is 5.91 Å². The molecule has 4 heteroatoms. The Bertz CT molecular complexity index is 254. The zero-order valence-corrected chi connectivity index (χ0v) is 9.60. The summed E-state index contributed by atoms with van der Waals surface area (Å²) in [6.07, 6.45) is 1.39. The fourth-order valence-electron chi connectivity index (χ4n) is 2.12. The topological polar surface area (TPSA) is 38.8 Å². The first-order valence-electron chi connectivity index (χ1n) is 5.72. The first kappa shape index (κ1) is 10.9. The number of rotatable bonds is 3. The Kier molecular flexibility index (Phi) is 2.98. The Labute approximate surface area is 90.5 Å². The number of amides is 1. The van der Waals surface area contributed by atoms with Crippen molar-refractivity contribution < 1.29 is 14.6 Å². The maximum Gasteiger partial charge on any atom is 0.257 e. The van der Waals surface area contributed by atoms with Crippen LogP contribution in [0.2, 0.25) is 0 Å². The molecule has 86 valence electrons. The Hall–Kier alpha value is -0.610. The summed E-state index contributed by atoms with van der Waals surface area (Å²) in [5.74, 6) is 0.994. The predicted molar refractivity (Wildman–Crippen MR) is 54.7 cm³/mol. The summed E-state index contributed by atoms with van der Waals surface area (Å²) in [5, 5.41) is 0. The van der Waals surface area contributed by atoms with Gasteiger partial charge in [-0.05, 0) is 18.3 Å². The van der Waals surface area contributed by atoms with Gasteiger partial charge in [0.25, 0.3) is 5.91 Å². The third-order valence-electron chi connectivity index (χ3n) is 3.18. The number of piperidine rings is 1. The van der Waals surface area contributed by atoms with E-state index in [4.69, 9.17) is 9.78 Å². The van der Waals surface area contributed by atoms with Crippen LogP contribution in [0.25, 0.3) is 0 Å². The summed E-state index contributed by atoms with van der Waals surface area (Å²) in [6, 6.07) is 0. The maximum absolute atomic E-state index is 11.9. The summed E-state index contributed by atoms with van der Waals surface area (Å²) in [5.41, 5.74) is 0. The Morgan fingerprint density at radius 1 is 1.47 bits per heavy atom. The second-order valence-electron chi connectivity index (χ2n) is 4.99. The van der Waals surface area contributed by atoms with Gasteiger partial charge in [-0.2, -0.15) is 0 Å². The van der Waals surface area contributed by atoms with Gasteiger partial charge in [0.2, 0.25) is 0 Å². The van der Waals surface area contributed by atoms with Crippen LogP contribution in [-0.4, -0.2) is 29.7 Å². The average Bonchev–Trinajstić information content (AvgIpc) is 2.16. The van der Waals surface area contributed by atoms with E-state index < -0.39 is 0 Å². The van der Waals surface area contributed by atoms with Crippen molar-refractivity contribution in [1.82, 2.24) is 4.90 Å². The molecule has 2 bridgehead atoms. The van der Waals surface area contributed by atoms with Gasteiger partial charge in [0, 0.05) is 13.0 Å². The monoisotopic (exact) mass is 213 g/mol. The molecule has 1 amide bonds. The van der Waals surface area contributed by atoms with Crippen LogP contribution in [0.1, 0.15) is 33.6 Å². The summed E-state index contributed by atoms with van der Waals surface area (Å²) in [6.45, 7) is 7.14. The van der Waals surface area contributed by atoms with Crippen LogP contribution in [-0.2, 0) is 14.6 Å². The molecule has 15 heavy (non-hydrogen) atoms. The smallest absolute Gasteiger partial charge is 0.257 e. The van der Waals surface area contributed by atoms with Gasteiger partial charge >= 0.3 is 0 Å². The molecule has 0 spiro atoms. The maximum atomic E-state index is 11.9. The third-order valence-corrected chi connectivity index (χ3v) is 3.18. The Balaban J connectivity index is 1.98. The van der Waals surface area contributed by atoms with Crippen molar-refractivity contribution in [3.8, 4) is 0 Å². The summed E-state index contributed by atoms with van der Waals surface area (Å²) in [7, 11) is 0. The van der Waals surface area contributed by atoms with Crippen LogP contribution in [0.3, 0.4) is 0 Å². The van der Waals surface area contributed by atoms with Gasteiger partial charge in [-0.15, -0.1) is 0 Å². The number of fused-ring (bicyclic) bond motifs is 3. The highest BCUT2D eigenvalue weighted by Gasteiger charge is 2.47. The number of carbonyl (C=O) groups is 1. The quantitative estimate of drug-likeness (QED) is 0.668. The molecule has 0 aromatic heterocycles. The summed E-state index contributed by atoms with van der Waals surface area (Å²) in [4.78, 5) is 24.0. The largest absolute Gasteiger partial charge is 0.312 e. The number of carbonyl (C=O) groups excluding carboxylic acids is 1. The molecule has 0 N–H and O–H groups in total. The molecule has 3 fully saturated rings. The lowest BCUT2D eigenvalue weighted by Gasteiger charge is -2.46. The lowest BCUT2D eigenvalue weighted by atomic mass is 9.92. The SMILES string of the molecule is CC(C)CCN1C(=O)C2OOC1CC2C. The molecule has 0 aromatic rings. The van der Waals surface area contributed by atoms with Gasteiger partial charge < -0.3 is 4.90 Å². The minimum atomic E-state index is -0.373. The summed E-state index contributed by atoms with van der Waals surface area (Å²) < 4.78 is 0. The molecule has 3 aliphatic heterocycles. The molecule has 3 saturated heterocycles. The van der Waals surface area contributed by atoms with Crippen molar-refractivity contribution in [2.45, 2.75) is 45.9 Å². The van der Waals surface area contributed by atoms with Crippen molar-refractivity contribution in [2.75, 3.05) is 6.54 Å². The van der Waals surface area contributed by atoms with Crippen LogP contribution in [0, 0.1) is 11.8 Å². The minimum absolute atomic E-state index is 0.102. The van der Waals surface area contributed by atoms with E-state index in [9.17, 15) is 4.79 Å². The van der Waals surface area contributed by atoms with E-state index in [0.29, 0.717) is 5.92 Å². The molecular weight excluding hydrogens is 194 g/mol. The van der Waals surface area contributed by atoms with Crippen molar-refractivity contribution in [3.05, 3.63) is 0 Å². The van der Waals surface area contributed by atoms with Crippen molar-refractivity contribution in [2.24, 2.45) is 11.8 Å². The lowest BCUT2D eigenvalue weighted by Crippen LogP contribution is -2.60. The highest BCUT2D eigenvalue weighted by molar-refractivity contribution is 5.82. The van der Waals surface area contributed by atoms with Crippen LogP contribution in [0.15, 0.2) is 0 Å². The van der Waals surface area contributed by atoms with E-state index in [0.717, 1.165) is 19.4 Å². The zero-order valence-electron chi connectivity index (χ0n) is 9.60. The highest BCUT2D eigenvalue weighted by Crippen LogP contribution is 2.33. The second-order valence-corrected chi connectivity index (χ2v) is 4.99. The molecule has 0 radical (unpaired) electrons. The van der Waals surface area contributed by atoms with E-state index in [1.807, 2.05) is 11.8 Å². The number of hydrogen-bond donors (Lipinski definition) is 0. The molecule has 3 heterocycles. The summed E-state index contributed by atoms with van der Waals surface area (Å²) >= 11 is 0. The molecule has 3 aliphatic rings. The van der Waals surface area contributed by atoms with Gasteiger partial charge in [0.1, 0.15) is 0 Å². The van der Waals surface area contributed by atoms with E-state index in [1.165, 1.54) is 0 Å². The fraction of sp³-hybridized carbons (Fsp3) is 0.909. The van der Waals surface area contributed by atoms with Gasteiger partial charge in [-0.25, -0.2) is 9.78 Å². The molecule has 0 saturated carbocycles. The molecule has 3 atom stereocenters. The Morgan fingerprint density at radius 2 is 2.20 bits per heavy atom. The van der Waals surface area contributed by atoms with Gasteiger partial charge in [-0.1, -0.05) is 20.8 Å². The first-order chi connectivity index (χ1) is 7.09. The fourth-order valence-corrected chi connectivity index (χ4v) is 2.12. The molecular formula is C11H19NO3. The van der Waals surface area contributed by atoms with Crippen LogP contribution < -0.4 is 0 Å². The van der Waals surface area contributed by atoms with Crippen molar-refractivity contribution in [1.29, 1.82) is 0 Å². The number of nitrogens with zero attached hydrogens (tertiary/aromatic N) is 1. The lowest BCUT2D eigenvalue weighted by molar-refractivity contribution is -0.419. The molecule has 4 nitrogen and oxygen atoms in total. The third kappa shape index (κ3) is 2.01. The molecule has 3 unspecified atom stereocenters. The first-order valence-corrected chi connectivity index (χ1v) is 5.72. The van der Waals surface area contributed by atoms with Gasteiger partial charge in [0.05, 0.1) is 0 Å². The zero-order chi connectivity index (χ0) is 11.0.